The van der Waals surface area contributed by atoms with Crippen molar-refractivity contribution in [3.63, 3.8) is 0 Å². The molecule has 14 nitrogen and oxygen atoms in total. The molecule has 5 unspecified atom stereocenters. The van der Waals surface area contributed by atoms with Crippen molar-refractivity contribution in [3.05, 3.63) is 35.9 Å². The molecule has 0 aromatic heterocycles. The number of carboxylic acids is 2. The summed E-state index contributed by atoms with van der Waals surface area (Å²) >= 11 is 0. The van der Waals surface area contributed by atoms with Crippen molar-refractivity contribution in [1.29, 1.82) is 0 Å². The van der Waals surface area contributed by atoms with Gasteiger partial charge < -0.3 is 42.7 Å². The third-order valence-corrected chi connectivity index (χ3v) is 5.01. The molecule has 5 atom stereocenters. The van der Waals surface area contributed by atoms with Gasteiger partial charge in [0.2, 0.25) is 23.6 Å². The van der Waals surface area contributed by atoms with E-state index in [0.29, 0.717) is 5.56 Å². The van der Waals surface area contributed by atoms with E-state index in [9.17, 15) is 44.1 Å². The summed E-state index contributed by atoms with van der Waals surface area (Å²) in [5.41, 5.74) is 11.3. The average molecular weight is 510 g/mol. The van der Waals surface area contributed by atoms with Crippen LogP contribution in [0.4, 0.5) is 0 Å². The van der Waals surface area contributed by atoms with Crippen molar-refractivity contribution in [3.8, 4) is 0 Å². The minimum absolute atomic E-state index is 0.115. The number of carboxylic acid groups (broad SMARTS) is 2. The fourth-order valence-corrected chi connectivity index (χ4v) is 3.07. The number of hydrogen-bond acceptors (Lipinski definition) is 8. The molecule has 198 valence electrons. The monoisotopic (exact) mass is 509 g/mol. The number of aliphatic hydroxyl groups is 1. The van der Waals surface area contributed by atoms with E-state index in [0.717, 1.165) is 6.92 Å². The highest BCUT2D eigenvalue weighted by Gasteiger charge is 2.32. The molecule has 1 aromatic rings. The second kappa shape index (κ2) is 14.4. The molecule has 36 heavy (non-hydrogen) atoms. The smallest absolute Gasteiger partial charge is 0.328 e. The first-order chi connectivity index (χ1) is 16.8. The zero-order valence-corrected chi connectivity index (χ0v) is 19.5. The van der Waals surface area contributed by atoms with Crippen LogP contribution >= 0.6 is 0 Å². The minimum atomic E-state index is -1.68. The van der Waals surface area contributed by atoms with Gasteiger partial charge in [-0.05, 0) is 18.9 Å². The van der Waals surface area contributed by atoms with Gasteiger partial charge in [0.1, 0.15) is 12.1 Å². The number of aliphatic carboxylic acids is 2. The van der Waals surface area contributed by atoms with Gasteiger partial charge in [-0.1, -0.05) is 30.3 Å². The van der Waals surface area contributed by atoms with Crippen LogP contribution in [0, 0.1) is 0 Å². The number of amides is 4. The number of primary amides is 1. The van der Waals surface area contributed by atoms with E-state index >= 15 is 0 Å². The molecule has 0 saturated carbocycles. The summed E-state index contributed by atoms with van der Waals surface area (Å²) in [5.74, 6) is -6.58. The molecule has 1 rings (SSSR count). The van der Waals surface area contributed by atoms with E-state index < -0.39 is 72.3 Å². The Kier molecular flexibility index (Phi) is 12.0. The lowest BCUT2D eigenvalue weighted by Gasteiger charge is -2.25. The summed E-state index contributed by atoms with van der Waals surface area (Å²) in [6.07, 6.45) is -2.78. The van der Waals surface area contributed by atoms with Crippen LogP contribution in [-0.4, -0.2) is 81.2 Å². The lowest BCUT2D eigenvalue weighted by Crippen LogP contribution is -2.59. The van der Waals surface area contributed by atoms with E-state index in [2.05, 4.69) is 16.0 Å². The molecule has 0 spiro atoms. The van der Waals surface area contributed by atoms with Gasteiger partial charge in [-0.2, -0.15) is 0 Å². The average Bonchev–Trinajstić information content (AvgIpc) is 2.79. The number of carbonyl (C=O) groups excluding carboxylic acids is 4. The predicted molar refractivity (Wildman–Crippen MR) is 124 cm³/mol. The van der Waals surface area contributed by atoms with Crippen molar-refractivity contribution >= 4 is 35.6 Å². The Hall–Kier alpha value is -4.04. The van der Waals surface area contributed by atoms with Crippen LogP contribution in [0.15, 0.2) is 30.3 Å². The van der Waals surface area contributed by atoms with Gasteiger partial charge in [-0.25, -0.2) is 4.79 Å². The van der Waals surface area contributed by atoms with E-state index in [1.54, 1.807) is 30.3 Å². The van der Waals surface area contributed by atoms with Crippen molar-refractivity contribution in [2.24, 2.45) is 11.5 Å². The Morgan fingerprint density at radius 1 is 0.889 bits per heavy atom. The van der Waals surface area contributed by atoms with Crippen LogP contribution < -0.4 is 27.4 Å². The Labute approximate surface area is 206 Å². The third-order valence-electron chi connectivity index (χ3n) is 5.01. The van der Waals surface area contributed by atoms with Crippen LogP contribution in [-0.2, 0) is 35.2 Å². The van der Waals surface area contributed by atoms with Crippen LogP contribution in [0.2, 0.25) is 0 Å². The maximum atomic E-state index is 12.9. The fraction of sp³-hybridized carbons (Fsp3) is 0.455. The topological polar surface area (TPSA) is 251 Å². The second-order valence-electron chi connectivity index (χ2n) is 8.09. The summed E-state index contributed by atoms with van der Waals surface area (Å²) in [5, 5.41) is 34.7. The van der Waals surface area contributed by atoms with Crippen LogP contribution in [0.1, 0.15) is 31.7 Å². The molecular weight excluding hydrogens is 478 g/mol. The van der Waals surface area contributed by atoms with Crippen molar-refractivity contribution in [2.45, 2.75) is 62.9 Å². The zero-order chi connectivity index (χ0) is 27.4. The quantitative estimate of drug-likeness (QED) is 0.121. The number of rotatable bonds is 15. The minimum Gasteiger partial charge on any atom is -0.481 e. The van der Waals surface area contributed by atoms with Gasteiger partial charge in [0.15, 0.2) is 6.04 Å². The third kappa shape index (κ3) is 10.5. The van der Waals surface area contributed by atoms with Gasteiger partial charge >= 0.3 is 11.9 Å². The highest BCUT2D eigenvalue weighted by Crippen LogP contribution is 2.07. The van der Waals surface area contributed by atoms with Crippen LogP contribution in [0.5, 0.6) is 0 Å². The number of hydrogen-bond donors (Lipinski definition) is 8. The predicted octanol–water partition coefficient (Wildman–Crippen LogP) is -2.78. The summed E-state index contributed by atoms with van der Waals surface area (Å²) in [6.45, 7) is 1.16. The SMILES string of the molecule is CC(O)C(NC(=O)C(Cc1ccccc1)NC(=O)C(CC(=O)O)NC(=O)C(N)CCC(N)=O)C(=O)O. The molecular formula is C22H31N5O9. The van der Waals surface area contributed by atoms with Crippen LogP contribution in [0.3, 0.4) is 0 Å². The van der Waals surface area contributed by atoms with Gasteiger partial charge in [0.25, 0.3) is 0 Å². The molecule has 0 fully saturated rings. The summed E-state index contributed by atoms with van der Waals surface area (Å²) in [7, 11) is 0. The first-order valence-corrected chi connectivity index (χ1v) is 10.9. The maximum Gasteiger partial charge on any atom is 0.328 e. The van der Waals surface area contributed by atoms with Gasteiger partial charge in [-0.3, -0.25) is 24.0 Å². The molecule has 4 amide bonds. The van der Waals surface area contributed by atoms with E-state index in [1.165, 1.54) is 0 Å². The van der Waals surface area contributed by atoms with E-state index in [4.69, 9.17) is 11.5 Å². The fourth-order valence-electron chi connectivity index (χ4n) is 3.07. The summed E-state index contributed by atoms with van der Waals surface area (Å²) in [6, 6.07) is 2.37. The highest BCUT2D eigenvalue weighted by molar-refractivity contribution is 5.95. The molecule has 0 bridgehead atoms. The highest BCUT2D eigenvalue weighted by atomic mass is 16.4. The van der Waals surface area contributed by atoms with Gasteiger partial charge in [-0.15, -0.1) is 0 Å². The zero-order valence-electron chi connectivity index (χ0n) is 19.5. The van der Waals surface area contributed by atoms with Crippen molar-refractivity contribution in [1.82, 2.24) is 16.0 Å². The number of nitrogens with one attached hydrogen (secondary N) is 3. The Morgan fingerprint density at radius 2 is 1.44 bits per heavy atom. The van der Waals surface area contributed by atoms with Gasteiger partial charge in [0.05, 0.1) is 18.6 Å². The van der Waals surface area contributed by atoms with Crippen LogP contribution in [0.25, 0.3) is 0 Å². The lowest BCUT2D eigenvalue weighted by atomic mass is 10.0. The molecule has 0 saturated heterocycles. The molecule has 0 aliphatic heterocycles. The number of aliphatic hydroxyl groups excluding tert-OH is 1. The standard InChI is InChI=1S/C22H31N5O9/c1-11(28)18(22(35)36)27-21(34)14(9-12-5-3-2-4-6-12)26-20(33)15(10-17(30)31)25-19(32)13(23)7-8-16(24)29/h2-6,11,13-15,18,28H,7-10,23H2,1H3,(H2,24,29)(H,25,32)(H,26,33)(H,27,34)(H,30,31)(H,35,36). The van der Waals surface area contributed by atoms with E-state index in [-0.39, 0.29) is 19.3 Å². The molecule has 10 N–H and O–H groups in total. The molecule has 14 heteroatoms. The summed E-state index contributed by atoms with van der Waals surface area (Å²) in [4.78, 5) is 71.7. The maximum absolute atomic E-state index is 12.9. The Morgan fingerprint density at radius 3 is 1.94 bits per heavy atom. The number of benzene rings is 1. The first kappa shape index (κ1) is 30.0. The first-order valence-electron chi connectivity index (χ1n) is 10.9. The molecule has 0 heterocycles. The van der Waals surface area contributed by atoms with Gasteiger partial charge in [0, 0.05) is 12.8 Å². The molecule has 0 radical (unpaired) electrons. The second-order valence-corrected chi connectivity index (χ2v) is 8.09. The number of nitrogens with two attached hydrogens (primary N) is 2. The normalized spacial score (nSPS) is 14.9. The van der Waals surface area contributed by atoms with E-state index in [1.807, 2.05) is 0 Å². The molecule has 0 aliphatic carbocycles. The summed E-state index contributed by atoms with van der Waals surface area (Å²) < 4.78 is 0. The largest absolute Gasteiger partial charge is 0.481 e. The Bertz CT molecular complexity index is 954. The molecule has 0 aliphatic rings. The lowest BCUT2D eigenvalue weighted by molar-refractivity contribution is -0.145. The Balaban J connectivity index is 3.10. The number of carbonyl (C=O) groups is 6. The molecule has 1 aromatic carbocycles. The van der Waals surface area contributed by atoms with Crippen molar-refractivity contribution in [2.75, 3.05) is 0 Å². The van der Waals surface area contributed by atoms with Crippen molar-refractivity contribution < 1.29 is 44.1 Å².